The second-order valence-electron chi connectivity index (χ2n) is 9.06. The Morgan fingerprint density at radius 1 is 1.17 bits per heavy atom. The van der Waals surface area contributed by atoms with Crippen LogP contribution in [0.4, 0.5) is 13.2 Å². The third kappa shape index (κ3) is 6.35. The summed E-state index contributed by atoms with van der Waals surface area (Å²) < 4.78 is 46.7. The lowest BCUT2D eigenvalue weighted by atomic mass is 9.78. The maximum absolute atomic E-state index is 13.6. The van der Waals surface area contributed by atoms with E-state index in [1.165, 1.54) is 13.8 Å². The molecule has 1 amide bonds. The minimum atomic E-state index is -4.63. The van der Waals surface area contributed by atoms with Gasteiger partial charge in [0.25, 0.3) is 5.91 Å². The number of hydrogen-bond acceptors (Lipinski definition) is 4. The van der Waals surface area contributed by atoms with Gasteiger partial charge in [-0.05, 0) is 73.6 Å². The SMILES string of the molecule is CC(c1cc(C(F)(F)F)cnc1OC(C)(C)C(N)=O)C(Cc1ccc(Cl)cc1)c1cccc(C#N)c1. The van der Waals surface area contributed by atoms with Crippen LogP contribution < -0.4 is 10.5 Å². The Hall–Kier alpha value is -3.57. The summed E-state index contributed by atoms with van der Waals surface area (Å²) in [6, 6.07) is 17.2. The van der Waals surface area contributed by atoms with Gasteiger partial charge in [-0.25, -0.2) is 4.98 Å². The molecule has 3 rings (SSSR count). The van der Waals surface area contributed by atoms with Crippen LogP contribution in [0.3, 0.4) is 0 Å². The van der Waals surface area contributed by atoms with Gasteiger partial charge in [0.1, 0.15) is 0 Å². The number of hydrogen-bond donors (Lipinski definition) is 1. The van der Waals surface area contributed by atoms with Gasteiger partial charge in [0, 0.05) is 16.8 Å². The normalized spacial score (nSPS) is 13.5. The van der Waals surface area contributed by atoms with Crippen molar-refractivity contribution in [2.45, 2.75) is 50.8 Å². The minimum Gasteiger partial charge on any atom is -0.461 e. The summed E-state index contributed by atoms with van der Waals surface area (Å²) >= 11 is 6.03. The van der Waals surface area contributed by atoms with Gasteiger partial charge in [0.2, 0.25) is 5.88 Å². The van der Waals surface area contributed by atoms with Crippen LogP contribution in [-0.4, -0.2) is 16.5 Å². The maximum Gasteiger partial charge on any atom is 0.417 e. The Bertz CT molecular complexity index is 1280. The average Bonchev–Trinajstić information content (AvgIpc) is 2.82. The molecule has 0 radical (unpaired) electrons. The number of primary amides is 1. The van der Waals surface area contributed by atoms with E-state index in [1.54, 1.807) is 37.3 Å². The molecule has 0 spiro atoms. The lowest BCUT2D eigenvalue weighted by Crippen LogP contribution is -2.43. The Balaban J connectivity index is 2.16. The van der Waals surface area contributed by atoms with Crippen LogP contribution in [0.5, 0.6) is 5.88 Å². The van der Waals surface area contributed by atoms with E-state index < -0.39 is 29.2 Å². The largest absolute Gasteiger partial charge is 0.461 e. The molecule has 0 saturated carbocycles. The summed E-state index contributed by atoms with van der Waals surface area (Å²) in [4.78, 5) is 15.8. The molecule has 0 fully saturated rings. The maximum atomic E-state index is 13.6. The van der Waals surface area contributed by atoms with Crippen LogP contribution in [-0.2, 0) is 17.4 Å². The Labute approximate surface area is 212 Å². The molecule has 1 aromatic heterocycles. The lowest BCUT2D eigenvalue weighted by molar-refractivity contribution is -0.138. The molecule has 2 unspecified atom stereocenters. The summed E-state index contributed by atoms with van der Waals surface area (Å²) in [6.45, 7) is 4.61. The van der Waals surface area contributed by atoms with E-state index in [2.05, 4.69) is 11.1 Å². The Kier molecular flexibility index (Phi) is 7.95. The summed E-state index contributed by atoms with van der Waals surface area (Å²) in [6.07, 6.45) is -3.53. The standard InChI is InChI=1S/C27H25ClF3N3O2/c1-16(23-13-20(27(29,30)31)15-34-24(23)36-26(2,3)25(33)35)22(12-17-7-9-21(28)10-8-17)19-6-4-5-18(11-19)14-32/h4-11,13,15-16,22H,12H2,1-3H3,(H2,33,35). The Morgan fingerprint density at radius 3 is 2.42 bits per heavy atom. The van der Waals surface area contributed by atoms with Crippen molar-refractivity contribution in [1.82, 2.24) is 4.98 Å². The van der Waals surface area contributed by atoms with Crippen LogP contribution in [0, 0.1) is 11.3 Å². The van der Waals surface area contributed by atoms with Gasteiger partial charge in [-0.2, -0.15) is 18.4 Å². The smallest absolute Gasteiger partial charge is 0.417 e. The monoisotopic (exact) mass is 515 g/mol. The van der Waals surface area contributed by atoms with E-state index in [9.17, 15) is 23.2 Å². The van der Waals surface area contributed by atoms with Crippen LogP contribution in [0.25, 0.3) is 0 Å². The highest BCUT2D eigenvalue weighted by atomic mass is 35.5. The van der Waals surface area contributed by atoms with Crippen molar-refractivity contribution in [3.8, 4) is 11.9 Å². The predicted molar refractivity (Wildman–Crippen MR) is 131 cm³/mol. The van der Waals surface area contributed by atoms with Gasteiger partial charge in [-0.3, -0.25) is 4.79 Å². The van der Waals surface area contributed by atoms with Crippen molar-refractivity contribution in [3.63, 3.8) is 0 Å². The number of nitrogens with two attached hydrogens (primary N) is 1. The van der Waals surface area contributed by atoms with Gasteiger partial charge in [0.15, 0.2) is 5.60 Å². The van der Waals surface area contributed by atoms with E-state index in [0.29, 0.717) is 23.2 Å². The first-order chi connectivity index (χ1) is 16.8. The molecule has 1 heterocycles. The number of amides is 1. The van der Waals surface area contributed by atoms with Crippen LogP contribution in [0.1, 0.15) is 60.4 Å². The van der Waals surface area contributed by atoms with Gasteiger partial charge in [0.05, 0.1) is 17.2 Å². The number of alkyl halides is 3. The molecule has 188 valence electrons. The lowest BCUT2D eigenvalue weighted by Gasteiger charge is -2.29. The van der Waals surface area contributed by atoms with Gasteiger partial charge < -0.3 is 10.5 Å². The third-order valence-electron chi connectivity index (χ3n) is 6.06. The van der Waals surface area contributed by atoms with Gasteiger partial charge in [-0.1, -0.05) is 42.8 Å². The third-order valence-corrected chi connectivity index (χ3v) is 6.31. The highest BCUT2D eigenvalue weighted by Crippen LogP contribution is 2.42. The molecule has 3 aromatic rings. The summed E-state index contributed by atoms with van der Waals surface area (Å²) in [7, 11) is 0. The zero-order valence-corrected chi connectivity index (χ0v) is 20.7. The van der Waals surface area contributed by atoms with Crippen molar-refractivity contribution in [2.24, 2.45) is 5.73 Å². The van der Waals surface area contributed by atoms with Crippen LogP contribution >= 0.6 is 11.6 Å². The van der Waals surface area contributed by atoms with Crippen molar-refractivity contribution in [3.05, 3.63) is 93.6 Å². The van der Waals surface area contributed by atoms with Crippen LogP contribution in [0.15, 0.2) is 60.8 Å². The second-order valence-corrected chi connectivity index (χ2v) is 9.49. The zero-order chi connectivity index (χ0) is 26.7. The topological polar surface area (TPSA) is 89.0 Å². The molecule has 2 aromatic carbocycles. The molecular formula is C27H25ClF3N3O2. The molecule has 5 nitrogen and oxygen atoms in total. The fourth-order valence-corrected chi connectivity index (χ4v) is 3.97. The number of halogens is 4. The Morgan fingerprint density at radius 2 is 1.83 bits per heavy atom. The van der Waals surface area contributed by atoms with Gasteiger partial charge >= 0.3 is 6.18 Å². The molecular weight excluding hydrogens is 491 g/mol. The number of nitrogens with zero attached hydrogens (tertiary/aromatic N) is 2. The van der Waals surface area contributed by atoms with E-state index in [1.807, 2.05) is 18.2 Å². The molecule has 9 heteroatoms. The number of carbonyl (C=O) groups excluding carboxylic acids is 1. The number of ether oxygens (including phenoxy) is 1. The van der Waals surface area contributed by atoms with Crippen molar-refractivity contribution >= 4 is 17.5 Å². The van der Waals surface area contributed by atoms with Crippen molar-refractivity contribution in [1.29, 1.82) is 5.26 Å². The van der Waals surface area contributed by atoms with Crippen molar-refractivity contribution in [2.75, 3.05) is 0 Å². The van der Waals surface area contributed by atoms with E-state index >= 15 is 0 Å². The average molecular weight is 516 g/mol. The number of aromatic nitrogens is 1. The summed E-state index contributed by atoms with van der Waals surface area (Å²) in [5.41, 5.74) is 5.23. The molecule has 0 saturated heterocycles. The molecule has 36 heavy (non-hydrogen) atoms. The molecule has 0 aliphatic carbocycles. The zero-order valence-electron chi connectivity index (χ0n) is 19.9. The molecule has 0 aliphatic heterocycles. The van der Waals surface area contributed by atoms with E-state index in [4.69, 9.17) is 22.1 Å². The quantitative estimate of drug-likeness (QED) is 0.376. The van der Waals surface area contributed by atoms with Crippen molar-refractivity contribution < 1.29 is 22.7 Å². The first-order valence-corrected chi connectivity index (χ1v) is 11.5. The number of benzene rings is 2. The fourth-order valence-electron chi connectivity index (χ4n) is 3.84. The summed E-state index contributed by atoms with van der Waals surface area (Å²) in [5.74, 6) is -1.84. The molecule has 0 aliphatic rings. The summed E-state index contributed by atoms with van der Waals surface area (Å²) in [5, 5.41) is 9.96. The molecule has 2 N–H and O–H groups in total. The molecule has 0 bridgehead atoms. The number of nitriles is 1. The van der Waals surface area contributed by atoms with E-state index in [0.717, 1.165) is 17.2 Å². The number of pyridine rings is 1. The fraction of sp³-hybridized carbons (Fsp3) is 0.296. The predicted octanol–water partition coefficient (Wildman–Crippen LogP) is 6.40. The first-order valence-electron chi connectivity index (χ1n) is 11.1. The van der Waals surface area contributed by atoms with Crippen LogP contribution in [0.2, 0.25) is 5.02 Å². The van der Waals surface area contributed by atoms with Gasteiger partial charge in [-0.15, -0.1) is 0 Å². The second kappa shape index (κ2) is 10.6. The number of rotatable bonds is 8. The van der Waals surface area contributed by atoms with E-state index in [-0.39, 0.29) is 17.4 Å². The minimum absolute atomic E-state index is 0.114. The highest BCUT2D eigenvalue weighted by Gasteiger charge is 2.36. The highest BCUT2D eigenvalue weighted by molar-refractivity contribution is 6.30. The number of carbonyl (C=O) groups is 1. The first kappa shape index (κ1) is 27.0. The molecule has 2 atom stereocenters.